The average Bonchev–Trinajstić information content (AvgIpc) is 2.51. The van der Waals surface area contributed by atoms with Gasteiger partial charge < -0.3 is 30.4 Å². The monoisotopic (exact) mass is 334 g/mol. The van der Waals surface area contributed by atoms with Gasteiger partial charge in [0.15, 0.2) is 6.79 Å². The quantitative estimate of drug-likeness (QED) is 0.571. The number of nitrogens with one attached hydrogen (secondary N) is 1. The largest absolute Gasteiger partial charge is 0.478 e. The van der Waals surface area contributed by atoms with E-state index in [1.807, 2.05) is 4.98 Å². The number of hydrogen-bond acceptors (Lipinski definition) is 6. The number of carbonyl (C=O) groups is 2. The van der Waals surface area contributed by atoms with E-state index in [0.29, 0.717) is 5.75 Å². The van der Waals surface area contributed by atoms with Crippen LogP contribution in [0.4, 0.5) is 5.82 Å². The summed E-state index contributed by atoms with van der Waals surface area (Å²) in [7, 11) is 1.42. The van der Waals surface area contributed by atoms with Gasteiger partial charge in [-0.1, -0.05) is 12.1 Å². The zero-order chi connectivity index (χ0) is 17.9. The van der Waals surface area contributed by atoms with Gasteiger partial charge in [-0.2, -0.15) is 0 Å². The molecule has 0 aliphatic heterocycles. The molecule has 126 valence electrons. The summed E-state index contributed by atoms with van der Waals surface area (Å²) in [6, 6.07) is 5.94. The van der Waals surface area contributed by atoms with Crippen LogP contribution in [-0.2, 0) is 4.74 Å². The molecule has 1 heterocycles. The summed E-state index contributed by atoms with van der Waals surface area (Å²) >= 11 is 0. The molecule has 0 spiro atoms. The van der Waals surface area contributed by atoms with Crippen molar-refractivity contribution in [3.8, 4) is 16.9 Å². The molecule has 0 bridgehead atoms. The summed E-state index contributed by atoms with van der Waals surface area (Å²) in [5.41, 5.74) is 3.22. The maximum atomic E-state index is 11.9. The first-order chi connectivity index (χ1) is 11.4. The van der Waals surface area contributed by atoms with Crippen molar-refractivity contribution in [3.63, 3.8) is 0 Å². The first-order valence-electron chi connectivity index (χ1n) is 6.61. The van der Waals surface area contributed by atoms with Crippen LogP contribution in [0.3, 0.4) is 0 Å². The Kier molecular flexibility index (Phi) is 4.85. The fourth-order valence-electron chi connectivity index (χ4n) is 2.20. The lowest BCUT2D eigenvalue weighted by atomic mass is 9.95. The van der Waals surface area contributed by atoms with Crippen LogP contribution in [0.5, 0.6) is 5.75 Å². The van der Waals surface area contributed by atoms with Gasteiger partial charge in [-0.05, 0) is 17.7 Å². The first kappa shape index (κ1) is 17.0. The molecule has 0 radical (unpaired) electrons. The third kappa shape index (κ3) is 3.20. The van der Waals surface area contributed by atoms with Crippen molar-refractivity contribution in [2.24, 2.45) is 0 Å². The van der Waals surface area contributed by atoms with Crippen LogP contribution in [0.25, 0.3) is 11.1 Å². The molecule has 2 aromatic rings. The van der Waals surface area contributed by atoms with Crippen LogP contribution in [0.1, 0.15) is 20.7 Å². The maximum Gasteiger partial charge on any atom is 0.342 e. The molecule has 9 nitrogen and oxygen atoms in total. The Morgan fingerprint density at radius 2 is 1.88 bits per heavy atom. The molecule has 24 heavy (non-hydrogen) atoms. The van der Waals surface area contributed by atoms with Crippen molar-refractivity contribution in [1.82, 2.24) is 4.98 Å². The summed E-state index contributed by atoms with van der Waals surface area (Å²) < 4.78 is 10.0. The number of aromatic nitrogens is 1. The molecule has 1 aromatic heterocycles. The van der Waals surface area contributed by atoms with Gasteiger partial charge in [0.1, 0.15) is 22.7 Å². The molecular formula is C15H14N2O7. The Morgan fingerprint density at radius 1 is 1.21 bits per heavy atom. The predicted octanol–water partition coefficient (Wildman–Crippen LogP) is 1.00. The fourth-order valence-corrected chi connectivity index (χ4v) is 2.20. The van der Waals surface area contributed by atoms with E-state index in [1.165, 1.54) is 25.3 Å². The summed E-state index contributed by atoms with van der Waals surface area (Å²) in [6.07, 6.45) is 0. The molecular weight excluding hydrogens is 320 g/mol. The third-order valence-electron chi connectivity index (χ3n) is 3.14. The zero-order valence-electron chi connectivity index (χ0n) is 12.5. The number of methoxy groups -OCH3 is 1. The number of nitrogen functional groups attached to an aromatic ring is 1. The van der Waals surface area contributed by atoms with Crippen LogP contribution >= 0.6 is 0 Å². The van der Waals surface area contributed by atoms with E-state index >= 15 is 0 Å². The van der Waals surface area contributed by atoms with Gasteiger partial charge in [0.2, 0.25) is 0 Å². The van der Waals surface area contributed by atoms with E-state index in [1.54, 1.807) is 6.07 Å². The molecule has 5 N–H and O–H groups in total. The van der Waals surface area contributed by atoms with E-state index in [4.69, 9.17) is 15.2 Å². The molecule has 0 fully saturated rings. The SMILES string of the molecule is COCOc1cccc(-c2c(C(=O)O)c(N)[nH]c(=O)c2C(=O)O)c1. The maximum absolute atomic E-state index is 11.9. The third-order valence-corrected chi connectivity index (χ3v) is 3.14. The van der Waals surface area contributed by atoms with Crippen LogP contribution in [0.2, 0.25) is 0 Å². The zero-order valence-corrected chi connectivity index (χ0v) is 12.5. The van der Waals surface area contributed by atoms with Crippen LogP contribution in [0.15, 0.2) is 29.1 Å². The second kappa shape index (κ2) is 6.84. The number of hydrogen-bond donors (Lipinski definition) is 4. The number of carboxylic acid groups (broad SMARTS) is 2. The number of carboxylic acids is 2. The minimum Gasteiger partial charge on any atom is -0.478 e. The highest BCUT2D eigenvalue weighted by Gasteiger charge is 2.26. The van der Waals surface area contributed by atoms with Crippen molar-refractivity contribution in [3.05, 3.63) is 45.7 Å². The number of aromatic carboxylic acids is 2. The molecule has 0 saturated heterocycles. The Morgan fingerprint density at radius 3 is 2.46 bits per heavy atom. The van der Waals surface area contributed by atoms with Gasteiger partial charge >= 0.3 is 11.9 Å². The Labute approximate surface area is 135 Å². The second-order valence-electron chi connectivity index (χ2n) is 4.68. The summed E-state index contributed by atoms with van der Waals surface area (Å²) in [6.45, 7) is -0.0570. The minimum atomic E-state index is -1.57. The van der Waals surface area contributed by atoms with Crippen molar-refractivity contribution >= 4 is 17.8 Å². The van der Waals surface area contributed by atoms with Gasteiger partial charge in [-0.3, -0.25) is 4.79 Å². The number of ether oxygens (including phenoxy) is 2. The molecule has 0 atom stereocenters. The molecule has 0 amide bonds. The van der Waals surface area contributed by atoms with E-state index in [0.717, 1.165) is 0 Å². The molecule has 0 saturated carbocycles. The highest BCUT2D eigenvalue weighted by Crippen LogP contribution is 2.31. The average molecular weight is 334 g/mol. The number of aromatic amines is 1. The highest BCUT2D eigenvalue weighted by molar-refractivity contribution is 6.07. The van der Waals surface area contributed by atoms with E-state index < -0.39 is 34.4 Å². The number of pyridine rings is 1. The van der Waals surface area contributed by atoms with Crippen LogP contribution < -0.4 is 16.0 Å². The standard InChI is InChI=1S/C15H14N2O7/c1-23-6-24-8-4-2-3-7(5-8)9-10(14(19)20)12(16)17-13(18)11(9)15(21)22/h2-5H,6H2,1H3,(H,19,20)(H,21,22)(H3,16,17,18). The van der Waals surface area contributed by atoms with Crippen molar-refractivity contribution < 1.29 is 29.3 Å². The number of benzene rings is 1. The Balaban J connectivity index is 2.79. The Hall–Kier alpha value is -3.33. The van der Waals surface area contributed by atoms with Crippen LogP contribution in [-0.4, -0.2) is 41.0 Å². The lowest BCUT2D eigenvalue weighted by molar-refractivity contribution is 0.0511. The van der Waals surface area contributed by atoms with Crippen molar-refractivity contribution in [2.75, 3.05) is 19.6 Å². The van der Waals surface area contributed by atoms with Gasteiger partial charge in [0.05, 0.1) is 0 Å². The van der Waals surface area contributed by atoms with Gasteiger partial charge in [0.25, 0.3) is 5.56 Å². The minimum absolute atomic E-state index is 0.0570. The van der Waals surface area contributed by atoms with Gasteiger partial charge in [-0.25, -0.2) is 9.59 Å². The molecule has 0 unspecified atom stereocenters. The highest BCUT2D eigenvalue weighted by atomic mass is 16.7. The van der Waals surface area contributed by atoms with E-state index in [2.05, 4.69) is 0 Å². The number of anilines is 1. The number of H-pyrrole nitrogens is 1. The van der Waals surface area contributed by atoms with Gasteiger partial charge in [0, 0.05) is 12.7 Å². The molecule has 1 aromatic carbocycles. The number of nitrogens with two attached hydrogens (primary N) is 1. The Bertz CT molecular complexity index is 857. The summed E-state index contributed by atoms with van der Waals surface area (Å²) in [4.78, 5) is 37.0. The van der Waals surface area contributed by atoms with Crippen molar-refractivity contribution in [1.29, 1.82) is 0 Å². The molecule has 9 heteroatoms. The number of rotatable bonds is 6. The predicted molar refractivity (Wildman–Crippen MR) is 83.3 cm³/mol. The topological polar surface area (TPSA) is 152 Å². The molecule has 0 aliphatic rings. The van der Waals surface area contributed by atoms with Crippen molar-refractivity contribution in [2.45, 2.75) is 0 Å². The molecule has 2 rings (SSSR count). The first-order valence-corrected chi connectivity index (χ1v) is 6.61. The normalized spacial score (nSPS) is 10.4. The van der Waals surface area contributed by atoms with E-state index in [9.17, 15) is 24.6 Å². The van der Waals surface area contributed by atoms with Gasteiger partial charge in [-0.15, -0.1) is 0 Å². The lowest BCUT2D eigenvalue weighted by Crippen LogP contribution is -2.24. The fraction of sp³-hybridized carbons (Fsp3) is 0.133. The summed E-state index contributed by atoms with van der Waals surface area (Å²) in [5.74, 6) is -3.17. The van der Waals surface area contributed by atoms with E-state index in [-0.39, 0.29) is 17.9 Å². The second-order valence-corrected chi connectivity index (χ2v) is 4.68. The lowest BCUT2D eigenvalue weighted by Gasteiger charge is -2.13. The molecule has 0 aliphatic carbocycles. The van der Waals surface area contributed by atoms with Crippen LogP contribution in [0, 0.1) is 0 Å². The smallest absolute Gasteiger partial charge is 0.342 e. The summed E-state index contributed by atoms with van der Waals surface area (Å²) in [5, 5.41) is 18.7.